The molecule has 2 aromatic rings. The zero-order valence-corrected chi connectivity index (χ0v) is 13.3. The number of benzene rings is 2. The van der Waals surface area contributed by atoms with Crippen molar-refractivity contribution in [2.75, 3.05) is 25.0 Å². The van der Waals surface area contributed by atoms with E-state index in [1.165, 1.54) is 24.3 Å². The number of para-hydroxylation sites is 1. The van der Waals surface area contributed by atoms with Crippen molar-refractivity contribution in [3.63, 3.8) is 0 Å². The van der Waals surface area contributed by atoms with Gasteiger partial charge in [0.25, 0.3) is 5.91 Å². The van der Waals surface area contributed by atoms with Gasteiger partial charge in [0, 0.05) is 31.4 Å². The predicted octanol–water partition coefficient (Wildman–Crippen LogP) is 2.59. The van der Waals surface area contributed by atoms with Crippen LogP contribution in [0.25, 0.3) is 0 Å². The number of hydrogen-bond donors (Lipinski definition) is 0. The number of anilines is 1. The van der Waals surface area contributed by atoms with E-state index >= 15 is 0 Å². The van der Waals surface area contributed by atoms with E-state index in [0.29, 0.717) is 25.1 Å². The summed E-state index contributed by atoms with van der Waals surface area (Å²) in [6.45, 7) is 0.882. The molecule has 4 rings (SSSR count). The van der Waals surface area contributed by atoms with Crippen molar-refractivity contribution < 1.29 is 14.0 Å². The summed E-state index contributed by atoms with van der Waals surface area (Å²) in [5.74, 6) is -0.490. The normalized spacial score (nSPS) is 22.3. The van der Waals surface area contributed by atoms with E-state index in [0.717, 1.165) is 11.3 Å². The lowest BCUT2D eigenvalue weighted by atomic mass is 9.81. The van der Waals surface area contributed by atoms with Crippen LogP contribution < -0.4 is 4.90 Å². The summed E-state index contributed by atoms with van der Waals surface area (Å²) in [5, 5.41) is 0. The fraction of sp³-hybridized carbons (Fsp3) is 0.263. The third kappa shape index (κ3) is 1.97. The molecule has 5 heteroatoms. The molecule has 1 atom stereocenters. The van der Waals surface area contributed by atoms with E-state index in [2.05, 4.69) is 0 Å². The van der Waals surface area contributed by atoms with Gasteiger partial charge in [-0.15, -0.1) is 0 Å². The Morgan fingerprint density at radius 3 is 2.58 bits per heavy atom. The molecule has 24 heavy (non-hydrogen) atoms. The van der Waals surface area contributed by atoms with Crippen molar-refractivity contribution in [3.05, 3.63) is 65.5 Å². The molecule has 1 saturated heterocycles. The van der Waals surface area contributed by atoms with Gasteiger partial charge in [-0.05, 0) is 42.3 Å². The smallest absolute Gasteiger partial charge is 0.253 e. The van der Waals surface area contributed by atoms with Crippen molar-refractivity contribution in [3.8, 4) is 0 Å². The predicted molar refractivity (Wildman–Crippen MR) is 88.5 cm³/mol. The number of halogens is 1. The molecule has 2 aliphatic heterocycles. The van der Waals surface area contributed by atoms with Crippen LogP contribution in [0.3, 0.4) is 0 Å². The first kappa shape index (κ1) is 14.9. The highest BCUT2D eigenvalue weighted by molar-refractivity contribution is 6.09. The molecular weight excluding hydrogens is 307 g/mol. The second kappa shape index (κ2) is 5.16. The number of hydrogen-bond acceptors (Lipinski definition) is 2. The number of amides is 2. The van der Waals surface area contributed by atoms with Crippen LogP contribution in [0.2, 0.25) is 0 Å². The molecule has 0 aromatic heterocycles. The number of likely N-dealkylation sites (tertiary alicyclic amines) is 1. The van der Waals surface area contributed by atoms with Gasteiger partial charge in [0.05, 0.1) is 5.41 Å². The van der Waals surface area contributed by atoms with Gasteiger partial charge in [0.2, 0.25) is 5.91 Å². The van der Waals surface area contributed by atoms with Crippen LogP contribution in [0, 0.1) is 5.82 Å². The van der Waals surface area contributed by atoms with Crippen LogP contribution in [-0.2, 0) is 10.2 Å². The molecule has 2 amide bonds. The molecule has 0 aliphatic carbocycles. The minimum Gasteiger partial charge on any atom is -0.337 e. The maximum absolute atomic E-state index is 13.1. The van der Waals surface area contributed by atoms with Gasteiger partial charge >= 0.3 is 0 Å². The maximum atomic E-state index is 13.1. The molecule has 4 nitrogen and oxygen atoms in total. The monoisotopic (exact) mass is 324 g/mol. The van der Waals surface area contributed by atoms with Gasteiger partial charge < -0.3 is 9.80 Å². The summed E-state index contributed by atoms with van der Waals surface area (Å²) >= 11 is 0. The van der Waals surface area contributed by atoms with Crippen LogP contribution in [-0.4, -0.2) is 36.9 Å². The number of fused-ring (bicyclic) bond motifs is 2. The van der Waals surface area contributed by atoms with E-state index in [9.17, 15) is 14.0 Å². The van der Waals surface area contributed by atoms with Gasteiger partial charge in [-0.25, -0.2) is 4.39 Å². The first-order valence-electron chi connectivity index (χ1n) is 7.95. The average Bonchev–Trinajstić information content (AvgIpc) is 3.14. The Balaban J connectivity index is 1.66. The summed E-state index contributed by atoms with van der Waals surface area (Å²) in [6.07, 6.45) is 0.611. The fourth-order valence-corrected chi connectivity index (χ4v) is 3.87. The highest BCUT2D eigenvalue weighted by Crippen LogP contribution is 2.46. The molecule has 1 fully saturated rings. The summed E-state index contributed by atoms with van der Waals surface area (Å²) in [5.41, 5.74) is 1.70. The summed E-state index contributed by atoms with van der Waals surface area (Å²) in [4.78, 5) is 28.9. The van der Waals surface area contributed by atoms with E-state index < -0.39 is 5.41 Å². The molecule has 2 heterocycles. The molecule has 1 unspecified atom stereocenters. The Hall–Kier alpha value is -2.69. The minimum absolute atomic E-state index is 0.0399. The number of carbonyl (C=O) groups is 2. The second-order valence-corrected chi connectivity index (χ2v) is 6.45. The Bertz CT molecular complexity index is 834. The van der Waals surface area contributed by atoms with Gasteiger partial charge in [-0.1, -0.05) is 18.2 Å². The summed E-state index contributed by atoms with van der Waals surface area (Å²) in [6, 6.07) is 13.3. The number of likely N-dealkylation sites (N-methyl/N-ethyl adjacent to an activating group) is 1. The first-order chi connectivity index (χ1) is 11.5. The third-order valence-corrected chi connectivity index (χ3v) is 5.14. The maximum Gasteiger partial charge on any atom is 0.253 e. The van der Waals surface area contributed by atoms with Crippen molar-refractivity contribution in [1.82, 2.24) is 4.90 Å². The van der Waals surface area contributed by atoms with E-state index in [1.807, 2.05) is 24.3 Å². The van der Waals surface area contributed by atoms with E-state index in [4.69, 9.17) is 0 Å². The van der Waals surface area contributed by atoms with Crippen molar-refractivity contribution >= 4 is 17.5 Å². The van der Waals surface area contributed by atoms with Crippen LogP contribution in [0.5, 0.6) is 0 Å². The first-order valence-corrected chi connectivity index (χ1v) is 7.95. The topological polar surface area (TPSA) is 40.6 Å². The van der Waals surface area contributed by atoms with E-state index in [1.54, 1.807) is 16.8 Å². The van der Waals surface area contributed by atoms with Crippen LogP contribution in [0.1, 0.15) is 22.3 Å². The standard InChI is InChI=1S/C19H17FN2O2/c1-21-16-5-3-2-4-15(16)19(18(21)24)10-11-22(12-19)17(23)13-6-8-14(20)9-7-13/h2-9H,10-12H2,1H3. The van der Waals surface area contributed by atoms with Gasteiger partial charge in [-0.3, -0.25) is 9.59 Å². The largest absolute Gasteiger partial charge is 0.337 e. The lowest BCUT2D eigenvalue weighted by molar-refractivity contribution is -0.122. The number of nitrogens with zero attached hydrogens (tertiary/aromatic N) is 2. The van der Waals surface area contributed by atoms with Crippen molar-refractivity contribution in [1.29, 1.82) is 0 Å². The Morgan fingerprint density at radius 1 is 1.12 bits per heavy atom. The Morgan fingerprint density at radius 2 is 1.83 bits per heavy atom. The molecule has 0 N–H and O–H groups in total. The third-order valence-electron chi connectivity index (χ3n) is 5.14. The van der Waals surface area contributed by atoms with Crippen molar-refractivity contribution in [2.45, 2.75) is 11.8 Å². The van der Waals surface area contributed by atoms with Crippen LogP contribution in [0.15, 0.2) is 48.5 Å². The molecule has 0 saturated carbocycles. The zero-order valence-electron chi connectivity index (χ0n) is 13.3. The molecule has 0 radical (unpaired) electrons. The molecule has 122 valence electrons. The molecule has 1 spiro atoms. The lowest BCUT2D eigenvalue weighted by Crippen LogP contribution is -2.42. The molecule has 0 bridgehead atoms. The molecule has 2 aromatic carbocycles. The van der Waals surface area contributed by atoms with Crippen molar-refractivity contribution in [2.24, 2.45) is 0 Å². The fourth-order valence-electron chi connectivity index (χ4n) is 3.87. The summed E-state index contributed by atoms with van der Waals surface area (Å²) < 4.78 is 13.1. The zero-order chi connectivity index (χ0) is 16.9. The van der Waals surface area contributed by atoms with Crippen LogP contribution in [0.4, 0.5) is 10.1 Å². The van der Waals surface area contributed by atoms with Gasteiger partial charge in [0.1, 0.15) is 5.82 Å². The second-order valence-electron chi connectivity index (χ2n) is 6.45. The highest BCUT2D eigenvalue weighted by atomic mass is 19.1. The number of carbonyl (C=O) groups excluding carboxylic acids is 2. The SMILES string of the molecule is CN1C(=O)C2(CCN(C(=O)c3ccc(F)cc3)C2)c2ccccc21. The van der Waals surface area contributed by atoms with Crippen LogP contribution >= 0.6 is 0 Å². The highest BCUT2D eigenvalue weighted by Gasteiger charge is 2.54. The Labute approximate surface area is 139 Å². The Kier molecular flexibility index (Phi) is 3.20. The van der Waals surface area contributed by atoms with Gasteiger partial charge in [-0.2, -0.15) is 0 Å². The summed E-state index contributed by atoms with van der Waals surface area (Å²) in [7, 11) is 1.78. The average molecular weight is 324 g/mol. The quantitative estimate of drug-likeness (QED) is 0.809. The van der Waals surface area contributed by atoms with E-state index in [-0.39, 0.29) is 17.6 Å². The van der Waals surface area contributed by atoms with Gasteiger partial charge in [0.15, 0.2) is 0 Å². The number of rotatable bonds is 1. The molecule has 2 aliphatic rings. The molecular formula is C19H17FN2O2. The minimum atomic E-state index is -0.652. The lowest BCUT2D eigenvalue weighted by Gasteiger charge is -2.23.